The van der Waals surface area contributed by atoms with Crippen LogP contribution in [0.15, 0.2) is 0 Å². The molecule has 0 fully saturated rings. The Kier molecular flexibility index (Phi) is 8.25. The van der Waals surface area contributed by atoms with Crippen LogP contribution >= 0.6 is 0 Å². The van der Waals surface area contributed by atoms with E-state index < -0.39 is 0 Å². The second-order valence-corrected chi connectivity index (χ2v) is 4.47. The summed E-state index contributed by atoms with van der Waals surface area (Å²) in [6, 6.07) is 0. The van der Waals surface area contributed by atoms with Crippen LogP contribution in [0.1, 0.15) is 65.7 Å². The Morgan fingerprint density at radius 1 is 0.933 bits per heavy atom. The molecule has 0 aromatic rings. The van der Waals surface area contributed by atoms with Crippen LogP contribution < -0.4 is 0 Å². The average molecular weight is 212 g/mol. The lowest BCUT2D eigenvalue weighted by Gasteiger charge is -2.03. The largest absolute Gasteiger partial charge is 0.300 e. The molecular weight excluding hydrogens is 188 g/mol. The van der Waals surface area contributed by atoms with Crippen molar-refractivity contribution >= 4 is 11.6 Å². The molecule has 0 aliphatic rings. The number of carbonyl (C=O) groups excluding carboxylic acids is 2. The molecule has 0 rings (SSSR count). The van der Waals surface area contributed by atoms with Crippen molar-refractivity contribution in [3.8, 4) is 0 Å². The van der Waals surface area contributed by atoms with Crippen molar-refractivity contribution < 1.29 is 9.59 Å². The molecule has 0 radical (unpaired) electrons. The first-order chi connectivity index (χ1) is 7.07. The van der Waals surface area contributed by atoms with Gasteiger partial charge in [0.05, 0.1) is 0 Å². The number of hydrogen-bond acceptors (Lipinski definition) is 2. The quantitative estimate of drug-likeness (QED) is 0.548. The van der Waals surface area contributed by atoms with Crippen molar-refractivity contribution in [3.63, 3.8) is 0 Å². The van der Waals surface area contributed by atoms with E-state index in [1.54, 1.807) is 0 Å². The number of carbonyl (C=O) groups is 2. The maximum atomic E-state index is 11.3. The van der Waals surface area contributed by atoms with E-state index in [0.29, 0.717) is 30.8 Å². The third kappa shape index (κ3) is 8.34. The molecule has 0 aromatic heterocycles. The number of ketones is 2. The maximum Gasteiger partial charge on any atom is 0.135 e. The molecule has 0 saturated heterocycles. The van der Waals surface area contributed by atoms with Gasteiger partial charge in [0.1, 0.15) is 11.6 Å². The highest BCUT2D eigenvalue weighted by Gasteiger charge is 2.07. The molecule has 0 unspecified atom stereocenters. The Hall–Kier alpha value is -0.660. The minimum atomic E-state index is 0.140. The first-order valence-electron chi connectivity index (χ1n) is 6.12. The molecular formula is C13H24O2. The number of unbranched alkanes of at least 4 members (excludes halogenated alkanes) is 2. The summed E-state index contributed by atoms with van der Waals surface area (Å²) >= 11 is 0. The molecule has 0 heterocycles. The fraction of sp³-hybridized carbons (Fsp3) is 0.846. The van der Waals surface area contributed by atoms with Crippen LogP contribution in [-0.2, 0) is 9.59 Å². The summed E-state index contributed by atoms with van der Waals surface area (Å²) in [5.74, 6) is 0.811. The summed E-state index contributed by atoms with van der Waals surface area (Å²) in [4.78, 5) is 22.6. The van der Waals surface area contributed by atoms with Gasteiger partial charge in [-0.05, 0) is 19.3 Å². The van der Waals surface area contributed by atoms with Crippen LogP contribution in [0.3, 0.4) is 0 Å². The summed E-state index contributed by atoms with van der Waals surface area (Å²) in [6.45, 7) is 5.94. The van der Waals surface area contributed by atoms with Gasteiger partial charge in [-0.2, -0.15) is 0 Å². The number of hydrogen-bond donors (Lipinski definition) is 0. The van der Waals surface area contributed by atoms with Crippen LogP contribution in [0.25, 0.3) is 0 Å². The molecule has 0 aliphatic heterocycles. The van der Waals surface area contributed by atoms with E-state index >= 15 is 0 Å². The van der Waals surface area contributed by atoms with Crippen LogP contribution in [0.5, 0.6) is 0 Å². The van der Waals surface area contributed by atoms with Gasteiger partial charge in [-0.3, -0.25) is 9.59 Å². The third-order valence-electron chi connectivity index (χ3n) is 2.58. The SMILES string of the molecule is CCCCC(=O)CCCCC(=O)C(C)C. The highest BCUT2D eigenvalue weighted by atomic mass is 16.1. The Morgan fingerprint density at radius 2 is 1.47 bits per heavy atom. The summed E-state index contributed by atoms with van der Waals surface area (Å²) in [5.41, 5.74) is 0. The van der Waals surface area contributed by atoms with Gasteiger partial charge in [-0.25, -0.2) is 0 Å². The summed E-state index contributed by atoms with van der Waals surface area (Å²) < 4.78 is 0. The van der Waals surface area contributed by atoms with E-state index in [1.807, 2.05) is 13.8 Å². The standard InChI is InChI=1S/C13H24O2/c1-4-5-8-12(14)9-6-7-10-13(15)11(2)3/h11H,4-10H2,1-3H3. The fourth-order valence-corrected chi connectivity index (χ4v) is 1.41. The van der Waals surface area contributed by atoms with Gasteiger partial charge in [0.2, 0.25) is 0 Å². The van der Waals surface area contributed by atoms with E-state index in [0.717, 1.165) is 25.7 Å². The third-order valence-corrected chi connectivity index (χ3v) is 2.58. The zero-order valence-electron chi connectivity index (χ0n) is 10.3. The highest BCUT2D eigenvalue weighted by molar-refractivity contribution is 5.80. The first-order valence-corrected chi connectivity index (χ1v) is 6.12. The lowest BCUT2D eigenvalue weighted by atomic mass is 10.0. The van der Waals surface area contributed by atoms with Crippen LogP contribution in [-0.4, -0.2) is 11.6 Å². The lowest BCUT2D eigenvalue weighted by molar-refractivity contribution is -0.122. The van der Waals surface area contributed by atoms with Gasteiger partial charge < -0.3 is 0 Å². The lowest BCUT2D eigenvalue weighted by Crippen LogP contribution is -2.06. The van der Waals surface area contributed by atoms with E-state index in [4.69, 9.17) is 0 Å². The number of rotatable bonds is 9. The molecule has 0 aromatic carbocycles. The molecule has 0 amide bonds. The first kappa shape index (κ1) is 14.3. The van der Waals surface area contributed by atoms with Crippen molar-refractivity contribution in [2.75, 3.05) is 0 Å². The van der Waals surface area contributed by atoms with E-state index in [2.05, 4.69) is 6.92 Å². The van der Waals surface area contributed by atoms with Gasteiger partial charge >= 0.3 is 0 Å². The number of Topliss-reactive ketones (excluding diaryl/α,β-unsaturated/α-hetero) is 2. The van der Waals surface area contributed by atoms with Crippen molar-refractivity contribution in [2.45, 2.75) is 65.7 Å². The average Bonchev–Trinajstić information content (AvgIpc) is 2.20. The van der Waals surface area contributed by atoms with Gasteiger partial charge in [0.25, 0.3) is 0 Å². The second kappa shape index (κ2) is 8.63. The van der Waals surface area contributed by atoms with Gasteiger partial charge in [0, 0.05) is 25.2 Å². The molecule has 0 atom stereocenters. The predicted molar refractivity (Wildman–Crippen MR) is 62.8 cm³/mol. The summed E-state index contributed by atoms with van der Waals surface area (Å²) in [6.07, 6.45) is 5.84. The molecule has 0 saturated carbocycles. The zero-order valence-corrected chi connectivity index (χ0v) is 10.3. The minimum Gasteiger partial charge on any atom is -0.300 e. The van der Waals surface area contributed by atoms with Crippen molar-refractivity contribution in [2.24, 2.45) is 5.92 Å². The van der Waals surface area contributed by atoms with Gasteiger partial charge in [-0.15, -0.1) is 0 Å². The van der Waals surface area contributed by atoms with Crippen LogP contribution in [0, 0.1) is 5.92 Å². The Bertz CT molecular complexity index is 195. The molecule has 0 aliphatic carbocycles. The molecule has 2 nitrogen and oxygen atoms in total. The smallest absolute Gasteiger partial charge is 0.135 e. The Morgan fingerprint density at radius 3 is 2.00 bits per heavy atom. The molecule has 0 bridgehead atoms. The van der Waals surface area contributed by atoms with E-state index in [9.17, 15) is 9.59 Å². The summed E-state index contributed by atoms with van der Waals surface area (Å²) in [7, 11) is 0. The fourth-order valence-electron chi connectivity index (χ4n) is 1.41. The molecule has 0 spiro atoms. The van der Waals surface area contributed by atoms with Crippen LogP contribution in [0.4, 0.5) is 0 Å². The molecule has 15 heavy (non-hydrogen) atoms. The van der Waals surface area contributed by atoms with Crippen LogP contribution in [0.2, 0.25) is 0 Å². The Labute approximate surface area is 93.4 Å². The van der Waals surface area contributed by atoms with Gasteiger partial charge in [0.15, 0.2) is 0 Å². The van der Waals surface area contributed by atoms with Crippen molar-refractivity contribution in [1.82, 2.24) is 0 Å². The molecule has 2 heteroatoms. The topological polar surface area (TPSA) is 34.1 Å². The molecule has 88 valence electrons. The monoisotopic (exact) mass is 212 g/mol. The summed E-state index contributed by atoms with van der Waals surface area (Å²) in [5, 5.41) is 0. The second-order valence-electron chi connectivity index (χ2n) is 4.47. The Balaban J connectivity index is 3.38. The van der Waals surface area contributed by atoms with Crippen molar-refractivity contribution in [3.05, 3.63) is 0 Å². The predicted octanol–water partition coefficient (Wildman–Crippen LogP) is 3.53. The maximum absolute atomic E-state index is 11.3. The minimum absolute atomic E-state index is 0.140. The highest BCUT2D eigenvalue weighted by Crippen LogP contribution is 2.08. The normalized spacial score (nSPS) is 10.7. The molecule has 0 N–H and O–H groups in total. The van der Waals surface area contributed by atoms with E-state index in [-0.39, 0.29) is 5.92 Å². The van der Waals surface area contributed by atoms with Crippen molar-refractivity contribution in [1.29, 1.82) is 0 Å². The van der Waals surface area contributed by atoms with Gasteiger partial charge in [-0.1, -0.05) is 27.2 Å². The zero-order chi connectivity index (χ0) is 11.7. The van der Waals surface area contributed by atoms with E-state index in [1.165, 1.54) is 0 Å².